The van der Waals surface area contributed by atoms with E-state index in [1.807, 2.05) is 0 Å². The van der Waals surface area contributed by atoms with Crippen molar-refractivity contribution in [3.8, 4) is 0 Å². The van der Waals surface area contributed by atoms with Gasteiger partial charge < -0.3 is 0 Å². The van der Waals surface area contributed by atoms with Crippen molar-refractivity contribution in [1.82, 2.24) is 15.3 Å². The summed E-state index contributed by atoms with van der Waals surface area (Å²) < 4.78 is 0. The van der Waals surface area contributed by atoms with Gasteiger partial charge in [-0.1, -0.05) is 11.6 Å². The first-order valence-corrected chi connectivity index (χ1v) is 6.04. The Morgan fingerprint density at radius 2 is 2.11 bits per heavy atom. The number of benzene rings is 1. The van der Waals surface area contributed by atoms with E-state index >= 15 is 0 Å². The summed E-state index contributed by atoms with van der Waals surface area (Å²) in [6, 6.07) is 4.85. The minimum absolute atomic E-state index is 0.261. The molecule has 3 amide bonds. The highest BCUT2D eigenvalue weighted by Gasteiger charge is 2.24. The number of carbonyl (C=O) groups is 2. The van der Waals surface area contributed by atoms with Crippen LogP contribution in [0.5, 0.6) is 0 Å². The summed E-state index contributed by atoms with van der Waals surface area (Å²) >= 11 is 6.00. The van der Waals surface area contributed by atoms with Gasteiger partial charge >= 0.3 is 6.03 Å². The van der Waals surface area contributed by atoms with Crippen molar-refractivity contribution in [3.05, 3.63) is 29.7 Å². The molecule has 3 rings (SSSR count). The quantitative estimate of drug-likeness (QED) is 0.805. The standard InChI is InChI=1S/C12H9ClN4O2/c13-11-8-5-7(1-2-9(8)14-6-15-11)17-4-3-10(18)16-12(17)19/h1-2,5-6H,3-4H2,(H,16,18,19). The number of carbonyl (C=O) groups excluding carboxylic acids is 2. The molecule has 1 aliphatic heterocycles. The van der Waals surface area contributed by atoms with Crippen molar-refractivity contribution in [1.29, 1.82) is 0 Å². The molecule has 1 fully saturated rings. The molecule has 1 aromatic carbocycles. The lowest BCUT2D eigenvalue weighted by atomic mass is 10.2. The number of anilines is 1. The SMILES string of the molecule is O=C1CCN(c2ccc3ncnc(Cl)c3c2)C(=O)N1. The van der Waals surface area contributed by atoms with Crippen molar-refractivity contribution in [2.24, 2.45) is 0 Å². The number of aromatic nitrogens is 2. The van der Waals surface area contributed by atoms with Gasteiger partial charge in [-0.05, 0) is 18.2 Å². The first-order chi connectivity index (χ1) is 9.15. The number of nitrogens with zero attached hydrogens (tertiary/aromatic N) is 3. The maximum Gasteiger partial charge on any atom is 0.328 e. The van der Waals surface area contributed by atoms with Crippen molar-refractivity contribution >= 4 is 40.1 Å². The molecule has 1 aromatic heterocycles. The molecule has 0 unspecified atom stereocenters. The Morgan fingerprint density at radius 3 is 2.89 bits per heavy atom. The van der Waals surface area contributed by atoms with Crippen LogP contribution in [-0.4, -0.2) is 28.5 Å². The zero-order valence-electron chi connectivity index (χ0n) is 9.76. The lowest BCUT2D eigenvalue weighted by Gasteiger charge is -2.26. The number of amides is 3. The predicted octanol–water partition coefficient (Wildman–Crippen LogP) is 1.73. The van der Waals surface area contributed by atoms with E-state index in [0.717, 1.165) is 0 Å². The lowest BCUT2D eigenvalue weighted by molar-refractivity contribution is -0.120. The third-order valence-corrected chi connectivity index (χ3v) is 3.24. The number of rotatable bonds is 1. The maximum atomic E-state index is 11.8. The number of hydrogen-bond acceptors (Lipinski definition) is 4. The number of urea groups is 1. The fourth-order valence-electron chi connectivity index (χ4n) is 1.99. The molecule has 7 heteroatoms. The second kappa shape index (κ2) is 4.47. The van der Waals surface area contributed by atoms with Crippen LogP contribution in [0.15, 0.2) is 24.5 Å². The number of imide groups is 1. The molecule has 0 saturated carbocycles. The molecule has 2 aromatic rings. The highest BCUT2D eigenvalue weighted by Crippen LogP contribution is 2.26. The van der Waals surface area contributed by atoms with Gasteiger partial charge in [0.15, 0.2) is 0 Å². The second-order valence-corrected chi connectivity index (χ2v) is 4.48. The van der Waals surface area contributed by atoms with Gasteiger partial charge in [-0.25, -0.2) is 14.8 Å². The van der Waals surface area contributed by atoms with Crippen LogP contribution in [0.2, 0.25) is 5.15 Å². The largest absolute Gasteiger partial charge is 0.328 e. The molecule has 2 heterocycles. The van der Waals surface area contributed by atoms with Gasteiger partial charge in [0.1, 0.15) is 11.5 Å². The van der Waals surface area contributed by atoms with Crippen LogP contribution in [0, 0.1) is 0 Å². The second-order valence-electron chi connectivity index (χ2n) is 4.12. The summed E-state index contributed by atoms with van der Waals surface area (Å²) in [6.07, 6.45) is 1.67. The van der Waals surface area contributed by atoms with E-state index in [4.69, 9.17) is 11.6 Å². The summed E-state index contributed by atoms with van der Waals surface area (Å²) in [6.45, 7) is 0.349. The van der Waals surface area contributed by atoms with E-state index in [2.05, 4.69) is 15.3 Å². The van der Waals surface area contributed by atoms with Gasteiger partial charge in [0.2, 0.25) is 5.91 Å². The van der Waals surface area contributed by atoms with Crippen LogP contribution < -0.4 is 10.2 Å². The van der Waals surface area contributed by atoms with Gasteiger partial charge in [-0.2, -0.15) is 0 Å². The van der Waals surface area contributed by atoms with Gasteiger partial charge in [0, 0.05) is 24.0 Å². The van der Waals surface area contributed by atoms with Crippen molar-refractivity contribution in [2.45, 2.75) is 6.42 Å². The van der Waals surface area contributed by atoms with Crippen LogP contribution >= 0.6 is 11.6 Å². The van der Waals surface area contributed by atoms with Crippen LogP contribution in [-0.2, 0) is 4.79 Å². The number of hydrogen-bond donors (Lipinski definition) is 1. The van der Waals surface area contributed by atoms with E-state index < -0.39 is 6.03 Å². The molecular weight excluding hydrogens is 268 g/mol. The topological polar surface area (TPSA) is 75.2 Å². The van der Waals surface area contributed by atoms with E-state index in [1.54, 1.807) is 18.2 Å². The molecule has 96 valence electrons. The Bertz CT molecular complexity index is 688. The minimum Gasteiger partial charge on any atom is -0.294 e. The summed E-state index contributed by atoms with van der Waals surface area (Å²) in [4.78, 5) is 32.4. The monoisotopic (exact) mass is 276 g/mol. The van der Waals surface area contributed by atoms with E-state index in [1.165, 1.54) is 11.2 Å². The van der Waals surface area contributed by atoms with Gasteiger partial charge in [-0.3, -0.25) is 15.0 Å². The molecule has 1 aliphatic rings. The Labute approximate surface area is 113 Å². The van der Waals surface area contributed by atoms with Gasteiger partial charge in [-0.15, -0.1) is 0 Å². The Hall–Kier alpha value is -2.21. The maximum absolute atomic E-state index is 11.8. The third-order valence-electron chi connectivity index (χ3n) is 2.94. The molecule has 0 radical (unpaired) electrons. The Kier molecular flexibility index (Phi) is 2.79. The van der Waals surface area contributed by atoms with Crippen LogP contribution in [0.3, 0.4) is 0 Å². The van der Waals surface area contributed by atoms with Gasteiger partial charge in [0.25, 0.3) is 0 Å². The number of halogens is 1. The highest BCUT2D eigenvalue weighted by molar-refractivity contribution is 6.34. The van der Waals surface area contributed by atoms with Crippen LogP contribution in [0.1, 0.15) is 6.42 Å². The van der Waals surface area contributed by atoms with Gasteiger partial charge in [0.05, 0.1) is 5.52 Å². The smallest absolute Gasteiger partial charge is 0.294 e. The highest BCUT2D eigenvalue weighted by atomic mass is 35.5. The summed E-state index contributed by atoms with van der Waals surface area (Å²) in [5, 5.41) is 3.28. The Morgan fingerprint density at radius 1 is 1.26 bits per heavy atom. The molecule has 0 atom stereocenters. The number of fused-ring (bicyclic) bond motifs is 1. The normalized spacial score (nSPS) is 15.7. The predicted molar refractivity (Wildman–Crippen MR) is 70.0 cm³/mol. The Balaban J connectivity index is 2.04. The summed E-state index contributed by atoms with van der Waals surface area (Å²) in [5.74, 6) is -0.261. The summed E-state index contributed by atoms with van der Waals surface area (Å²) in [5.41, 5.74) is 1.37. The van der Waals surface area contributed by atoms with Crippen molar-refractivity contribution in [2.75, 3.05) is 11.4 Å². The van der Waals surface area contributed by atoms with Crippen molar-refractivity contribution < 1.29 is 9.59 Å². The molecule has 19 heavy (non-hydrogen) atoms. The third kappa shape index (κ3) is 2.10. The fraction of sp³-hybridized carbons (Fsp3) is 0.167. The molecule has 1 saturated heterocycles. The molecule has 0 spiro atoms. The average Bonchev–Trinajstić information content (AvgIpc) is 2.39. The number of nitrogens with one attached hydrogen (secondary N) is 1. The molecular formula is C12H9ClN4O2. The first-order valence-electron chi connectivity index (χ1n) is 5.67. The van der Waals surface area contributed by atoms with Crippen LogP contribution in [0.4, 0.5) is 10.5 Å². The lowest BCUT2D eigenvalue weighted by Crippen LogP contribution is -2.49. The fourth-order valence-corrected chi connectivity index (χ4v) is 2.19. The van der Waals surface area contributed by atoms with E-state index in [-0.39, 0.29) is 12.3 Å². The first kappa shape index (κ1) is 11.9. The van der Waals surface area contributed by atoms with E-state index in [9.17, 15) is 9.59 Å². The van der Waals surface area contributed by atoms with Crippen LogP contribution in [0.25, 0.3) is 10.9 Å². The molecule has 1 N–H and O–H groups in total. The molecule has 6 nitrogen and oxygen atoms in total. The van der Waals surface area contributed by atoms with Crippen molar-refractivity contribution in [3.63, 3.8) is 0 Å². The molecule has 0 aliphatic carbocycles. The summed E-state index contributed by atoms with van der Waals surface area (Å²) in [7, 11) is 0. The zero-order chi connectivity index (χ0) is 13.4. The molecule has 0 bridgehead atoms. The zero-order valence-corrected chi connectivity index (χ0v) is 10.5. The minimum atomic E-state index is -0.427. The average molecular weight is 277 g/mol. The van der Waals surface area contributed by atoms with E-state index in [0.29, 0.717) is 28.3 Å².